The maximum atomic E-state index is 11.1. The monoisotopic (exact) mass is 290 g/mol. The first-order valence-corrected chi connectivity index (χ1v) is 6.74. The molecule has 2 atom stereocenters. The highest BCUT2D eigenvalue weighted by molar-refractivity contribution is 5.67. The van der Waals surface area contributed by atoms with E-state index in [1.54, 1.807) is 18.2 Å². The van der Waals surface area contributed by atoms with E-state index < -0.39 is 4.92 Å². The average molecular weight is 290 g/mol. The highest BCUT2D eigenvalue weighted by atomic mass is 16.6. The molecule has 0 aliphatic rings. The number of nitrogens with two attached hydrogens (primary N) is 1. The van der Waals surface area contributed by atoms with Crippen molar-refractivity contribution < 1.29 is 9.45 Å². The lowest BCUT2D eigenvalue weighted by Gasteiger charge is -2.20. The summed E-state index contributed by atoms with van der Waals surface area (Å²) in [5.41, 5.74) is 6.25. The van der Waals surface area contributed by atoms with Crippen LogP contribution in [0, 0.1) is 16.0 Å². The standard InChI is InChI=1S/C14H18N4O3/c1-8(2)12(9(3)15)14-16-13(17-21-14)10-6-4-5-7-11(10)18(19)20/h4-9,12H,15H2,1-3H3. The zero-order valence-electron chi connectivity index (χ0n) is 12.2. The number of aromatic nitrogens is 2. The van der Waals surface area contributed by atoms with Crippen molar-refractivity contribution in [3.63, 3.8) is 0 Å². The van der Waals surface area contributed by atoms with Crippen LogP contribution in [0.15, 0.2) is 28.8 Å². The van der Waals surface area contributed by atoms with Crippen LogP contribution in [0.4, 0.5) is 5.69 Å². The summed E-state index contributed by atoms with van der Waals surface area (Å²) in [5.74, 6) is 0.759. The number of rotatable bonds is 5. The first-order valence-electron chi connectivity index (χ1n) is 6.74. The molecule has 0 saturated heterocycles. The SMILES string of the molecule is CC(C)C(c1nc(-c2ccccc2[N+](=O)[O-])no1)C(C)N. The largest absolute Gasteiger partial charge is 0.339 e. The Morgan fingerprint density at radius 1 is 1.29 bits per heavy atom. The van der Waals surface area contributed by atoms with Gasteiger partial charge in [-0.2, -0.15) is 4.98 Å². The lowest BCUT2D eigenvalue weighted by atomic mass is 9.90. The third-order valence-electron chi connectivity index (χ3n) is 3.35. The Balaban J connectivity index is 2.43. The lowest BCUT2D eigenvalue weighted by Crippen LogP contribution is -2.28. The van der Waals surface area contributed by atoms with Crippen molar-refractivity contribution in [2.45, 2.75) is 32.7 Å². The second-order valence-corrected chi connectivity index (χ2v) is 5.36. The zero-order valence-corrected chi connectivity index (χ0v) is 12.2. The summed E-state index contributed by atoms with van der Waals surface area (Å²) < 4.78 is 5.27. The lowest BCUT2D eigenvalue weighted by molar-refractivity contribution is -0.384. The third-order valence-corrected chi connectivity index (χ3v) is 3.35. The highest BCUT2D eigenvalue weighted by Gasteiger charge is 2.27. The van der Waals surface area contributed by atoms with Crippen molar-refractivity contribution >= 4 is 5.69 Å². The third kappa shape index (κ3) is 3.08. The predicted molar refractivity (Wildman–Crippen MR) is 77.6 cm³/mol. The number of nitro groups is 1. The molecule has 7 heteroatoms. The van der Waals surface area contributed by atoms with Gasteiger partial charge >= 0.3 is 0 Å². The maximum absolute atomic E-state index is 11.1. The van der Waals surface area contributed by atoms with E-state index in [-0.39, 0.29) is 29.4 Å². The Kier molecular flexibility index (Phi) is 4.32. The highest BCUT2D eigenvalue weighted by Crippen LogP contribution is 2.31. The minimum atomic E-state index is -0.461. The molecule has 0 fully saturated rings. The smallest absolute Gasteiger partial charge is 0.280 e. The van der Waals surface area contributed by atoms with Crippen molar-refractivity contribution in [2.24, 2.45) is 11.7 Å². The maximum Gasteiger partial charge on any atom is 0.280 e. The van der Waals surface area contributed by atoms with Crippen molar-refractivity contribution in [1.29, 1.82) is 0 Å². The van der Waals surface area contributed by atoms with Crippen molar-refractivity contribution in [2.75, 3.05) is 0 Å². The normalized spacial score (nSPS) is 14.1. The van der Waals surface area contributed by atoms with Crippen LogP contribution >= 0.6 is 0 Å². The molecule has 2 rings (SSSR count). The fraction of sp³-hybridized carbons (Fsp3) is 0.429. The van der Waals surface area contributed by atoms with Gasteiger partial charge in [-0.05, 0) is 18.9 Å². The number of para-hydroxylation sites is 1. The topological polar surface area (TPSA) is 108 Å². The molecule has 1 aromatic heterocycles. The van der Waals surface area contributed by atoms with Crippen LogP contribution < -0.4 is 5.73 Å². The molecule has 2 aromatic rings. The Hall–Kier alpha value is -2.28. The molecule has 0 aliphatic heterocycles. The molecule has 112 valence electrons. The van der Waals surface area contributed by atoms with Crippen molar-refractivity contribution in [1.82, 2.24) is 10.1 Å². The van der Waals surface area contributed by atoms with Crippen LogP contribution in [0.5, 0.6) is 0 Å². The van der Waals surface area contributed by atoms with Crippen LogP contribution in [0.1, 0.15) is 32.6 Å². The van der Waals surface area contributed by atoms with Crippen molar-refractivity contribution in [3.8, 4) is 11.4 Å². The Morgan fingerprint density at radius 3 is 2.52 bits per heavy atom. The van der Waals surface area contributed by atoms with E-state index in [9.17, 15) is 10.1 Å². The van der Waals surface area contributed by atoms with Gasteiger partial charge in [0, 0.05) is 12.1 Å². The quantitative estimate of drug-likeness (QED) is 0.670. The molecule has 0 bridgehead atoms. The molecule has 1 aromatic carbocycles. The summed E-state index contributed by atoms with van der Waals surface area (Å²) in [4.78, 5) is 14.9. The molecule has 0 saturated carbocycles. The van der Waals surface area contributed by atoms with Crippen molar-refractivity contribution in [3.05, 3.63) is 40.3 Å². The van der Waals surface area contributed by atoms with Gasteiger partial charge in [0.2, 0.25) is 11.7 Å². The molecular formula is C14H18N4O3. The van der Waals surface area contributed by atoms with E-state index in [1.165, 1.54) is 6.07 Å². The summed E-state index contributed by atoms with van der Waals surface area (Å²) in [6.45, 7) is 5.91. The van der Waals surface area contributed by atoms with E-state index in [1.807, 2.05) is 20.8 Å². The van der Waals surface area contributed by atoms with E-state index in [0.717, 1.165) is 0 Å². The van der Waals surface area contributed by atoms with Gasteiger partial charge in [0.15, 0.2) is 0 Å². The fourth-order valence-corrected chi connectivity index (χ4v) is 2.42. The predicted octanol–water partition coefficient (Wildman–Crippen LogP) is 2.73. The summed E-state index contributed by atoms with van der Waals surface area (Å²) in [6.07, 6.45) is 0. The molecule has 2 unspecified atom stereocenters. The van der Waals surface area contributed by atoms with E-state index in [4.69, 9.17) is 10.3 Å². The number of hydrogen-bond donors (Lipinski definition) is 1. The van der Waals surface area contributed by atoms with Crippen LogP contribution in [-0.4, -0.2) is 21.1 Å². The van der Waals surface area contributed by atoms with Gasteiger partial charge in [0.1, 0.15) is 5.56 Å². The number of nitro benzene ring substituents is 1. The minimum Gasteiger partial charge on any atom is -0.339 e. The number of nitrogens with zero attached hydrogens (tertiary/aromatic N) is 3. The molecule has 0 radical (unpaired) electrons. The van der Waals surface area contributed by atoms with Gasteiger partial charge in [-0.15, -0.1) is 0 Å². The molecule has 0 amide bonds. The Bertz CT molecular complexity index is 629. The van der Waals surface area contributed by atoms with Gasteiger partial charge in [0.05, 0.1) is 10.8 Å². The van der Waals surface area contributed by atoms with E-state index >= 15 is 0 Å². The summed E-state index contributed by atoms with van der Waals surface area (Å²) in [6, 6.07) is 6.16. The first-order chi connectivity index (χ1) is 9.91. The summed E-state index contributed by atoms with van der Waals surface area (Å²) in [7, 11) is 0. The summed E-state index contributed by atoms with van der Waals surface area (Å²) in [5, 5.41) is 14.9. The Labute approximate surface area is 122 Å². The number of benzene rings is 1. The second kappa shape index (κ2) is 6.01. The minimum absolute atomic E-state index is 0.0493. The van der Waals surface area contributed by atoms with Gasteiger partial charge < -0.3 is 10.3 Å². The molecule has 0 aliphatic carbocycles. The first kappa shape index (κ1) is 15.1. The molecule has 7 nitrogen and oxygen atoms in total. The molecular weight excluding hydrogens is 272 g/mol. The van der Waals surface area contributed by atoms with Gasteiger partial charge in [-0.25, -0.2) is 0 Å². The van der Waals surface area contributed by atoms with Crippen LogP contribution in [-0.2, 0) is 0 Å². The number of hydrogen-bond acceptors (Lipinski definition) is 6. The van der Waals surface area contributed by atoms with Crippen LogP contribution in [0.3, 0.4) is 0 Å². The molecule has 0 spiro atoms. The van der Waals surface area contributed by atoms with Crippen LogP contribution in [0.2, 0.25) is 0 Å². The van der Waals surface area contributed by atoms with Gasteiger partial charge in [0.25, 0.3) is 5.69 Å². The fourth-order valence-electron chi connectivity index (χ4n) is 2.42. The molecule has 1 heterocycles. The van der Waals surface area contributed by atoms with Gasteiger partial charge in [-0.1, -0.05) is 31.1 Å². The van der Waals surface area contributed by atoms with Crippen LogP contribution in [0.25, 0.3) is 11.4 Å². The Morgan fingerprint density at radius 2 is 1.95 bits per heavy atom. The summed E-state index contributed by atoms with van der Waals surface area (Å²) >= 11 is 0. The van der Waals surface area contributed by atoms with E-state index in [2.05, 4.69) is 10.1 Å². The van der Waals surface area contributed by atoms with E-state index in [0.29, 0.717) is 11.5 Å². The zero-order chi connectivity index (χ0) is 15.6. The molecule has 21 heavy (non-hydrogen) atoms. The average Bonchev–Trinajstić information content (AvgIpc) is 2.87. The molecule has 2 N–H and O–H groups in total. The second-order valence-electron chi connectivity index (χ2n) is 5.36. The van der Waals surface area contributed by atoms with Gasteiger partial charge in [-0.3, -0.25) is 10.1 Å².